The third-order valence-electron chi connectivity index (χ3n) is 5.25. The average molecular weight is 340 g/mol. The van der Waals surface area contributed by atoms with Gasteiger partial charge in [0.05, 0.1) is 11.7 Å². The van der Waals surface area contributed by atoms with E-state index >= 15 is 0 Å². The van der Waals surface area contributed by atoms with E-state index in [0.717, 1.165) is 56.3 Å². The number of aryl methyl sites for hydroxylation is 1. The molecule has 1 saturated heterocycles. The number of phenols is 2. The van der Waals surface area contributed by atoms with E-state index in [9.17, 15) is 10.2 Å². The molecule has 25 heavy (non-hydrogen) atoms. The quantitative estimate of drug-likeness (QED) is 0.765. The molecule has 2 atom stereocenters. The molecule has 0 amide bonds. The molecule has 2 aliphatic heterocycles. The highest BCUT2D eigenvalue weighted by Gasteiger charge is 2.45. The molecule has 0 aliphatic carbocycles. The molecule has 2 bridgehead atoms. The van der Waals surface area contributed by atoms with Crippen LogP contribution in [-0.2, 0) is 11.2 Å². The Labute approximate surface area is 148 Å². The average Bonchev–Trinajstić information content (AvgIpc) is 2.60. The maximum absolute atomic E-state index is 10.1. The van der Waals surface area contributed by atoms with E-state index in [1.165, 1.54) is 5.56 Å². The fourth-order valence-electron chi connectivity index (χ4n) is 3.98. The fourth-order valence-corrected chi connectivity index (χ4v) is 3.98. The number of benzene rings is 2. The van der Waals surface area contributed by atoms with Crippen LogP contribution in [0.15, 0.2) is 42.5 Å². The maximum atomic E-state index is 10.1. The predicted molar refractivity (Wildman–Crippen MR) is 94.8 cm³/mol. The van der Waals surface area contributed by atoms with E-state index in [2.05, 4.69) is 0 Å². The normalized spacial score (nSPS) is 24.4. The molecule has 4 heteroatoms. The molecule has 1 fully saturated rings. The molecule has 2 aromatic rings. The first kappa shape index (κ1) is 16.3. The highest BCUT2D eigenvalue weighted by atomic mass is 16.7. The topological polar surface area (TPSA) is 58.9 Å². The van der Waals surface area contributed by atoms with Crippen molar-refractivity contribution in [3.8, 4) is 17.2 Å². The van der Waals surface area contributed by atoms with Crippen LogP contribution in [0.1, 0.15) is 55.8 Å². The summed E-state index contributed by atoms with van der Waals surface area (Å²) in [6.45, 7) is 0. The van der Waals surface area contributed by atoms with Gasteiger partial charge in [-0.1, -0.05) is 18.2 Å². The van der Waals surface area contributed by atoms with E-state index in [-0.39, 0.29) is 11.9 Å². The van der Waals surface area contributed by atoms with Crippen molar-refractivity contribution in [1.29, 1.82) is 0 Å². The summed E-state index contributed by atoms with van der Waals surface area (Å²) in [4.78, 5) is 0. The third kappa shape index (κ3) is 3.31. The standard InChI is InChI=1S/C21H24O4/c22-16-11-9-15(10-12-16)5-1-2-13-21-14-4-8-19(25-21)20-17(23)6-3-7-18(20)24-21/h3,6-7,9-12,19,22-23H,1-2,4-5,8,13-14H2/t19-,21-/m0/s1. The number of unbranched alkanes of at least 4 members (excludes halogenated alkanes) is 1. The molecule has 2 heterocycles. The lowest BCUT2D eigenvalue weighted by atomic mass is 9.90. The molecular formula is C21H24O4. The Morgan fingerprint density at radius 1 is 1.04 bits per heavy atom. The van der Waals surface area contributed by atoms with Gasteiger partial charge in [-0.05, 0) is 61.9 Å². The van der Waals surface area contributed by atoms with Crippen molar-refractivity contribution in [3.05, 3.63) is 53.6 Å². The van der Waals surface area contributed by atoms with Gasteiger partial charge in [-0.25, -0.2) is 0 Å². The first-order chi connectivity index (χ1) is 12.2. The molecule has 2 aromatic carbocycles. The zero-order valence-electron chi connectivity index (χ0n) is 14.3. The molecule has 0 spiro atoms. The lowest BCUT2D eigenvalue weighted by molar-refractivity contribution is -0.258. The summed E-state index contributed by atoms with van der Waals surface area (Å²) in [5, 5.41) is 19.5. The van der Waals surface area contributed by atoms with Gasteiger partial charge < -0.3 is 19.7 Å². The molecule has 2 aliphatic rings. The number of aromatic hydroxyl groups is 2. The Morgan fingerprint density at radius 3 is 2.72 bits per heavy atom. The lowest BCUT2D eigenvalue weighted by Gasteiger charge is -2.46. The minimum Gasteiger partial charge on any atom is -0.508 e. The van der Waals surface area contributed by atoms with E-state index in [0.29, 0.717) is 5.75 Å². The molecule has 4 nitrogen and oxygen atoms in total. The van der Waals surface area contributed by atoms with Crippen LogP contribution in [0.2, 0.25) is 0 Å². The second kappa shape index (κ2) is 6.60. The zero-order valence-corrected chi connectivity index (χ0v) is 14.3. The first-order valence-corrected chi connectivity index (χ1v) is 9.12. The minimum absolute atomic E-state index is 0.0594. The van der Waals surface area contributed by atoms with Crippen molar-refractivity contribution in [2.45, 2.75) is 56.8 Å². The van der Waals surface area contributed by atoms with Gasteiger partial charge in [-0.3, -0.25) is 0 Å². The number of rotatable bonds is 5. The van der Waals surface area contributed by atoms with Crippen molar-refractivity contribution in [2.75, 3.05) is 0 Å². The second-order valence-electron chi connectivity index (χ2n) is 7.07. The van der Waals surface area contributed by atoms with Gasteiger partial charge in [0.25, 0.3) is 0 Å². The minimum atomic E-state index is -0.543. The molecule has 0 aromatic heterocycles. The molecule has 2 N–H and O–H groups in total. The van der Waals surface area contributed by atoms with Crippen molar-refractivity contribution in [3.63, 3.8) is 0 Å². The second-order valence-corrected chi connectivity index (χ2v) is 7.07. The summed E-state index contributed by atoms with van der Waals surface area (Å²) in [7, 11) is 0. The Morgan fingerprint density at radius 2 is 1.88 bits per heavy atom. The monoisotopic (exact) mass is 340 g/mol. The van der Waals surface area contributed by atoms with Crippen LogP contribution in [0.25, 0.3) is 0 Å². The van der Waals surface area contributed by atoms with Crippen LogP contribution in [0.3, 0.4) is 0 Å². The Hall–Kier alpha value is -2.20. The van der Waals surface area contributed by atoms with Gasteiger partial charge in [-0.15, -0.1) is 0 Å². The largest absolute Gasteiger partial charge is 0.508 e. The zero-order chi connectivity index (χ0) is 17.3. The number of phenolic OH excluding ortho intramolecular Hbond substituents is 2. The third-order valence-corrected chi connectivity index (χ3v) is 5.25. The number of hydrogen-bond acceptors (Lipinski definition) is 4. The van der Waals surface area contributed by atoms with Crippen molar-refractivity contribution in [2.24, 2.45) is 0 Å². The number of ether oxygens (including phenoxy) is 2. The molecular weight excluding hydrogens is 316 g/mol. The van der Waals surface area contributed by atoms with Crippen LogP contribution in [0.5, 0.6) is 17.2 Å². The van der Waals surface area contributed by atoms with Crippen LogP contribution in [0, 0.1) is 0 Å². The summed E-state index contributed by atoms with van der Waals surface area (Å²) >= 11 is 0. The summed E-state index contributed by atoms with van der Waals surface area (Å²) in [5.41, 5.74) is 2.04. The van der Waals surface area contributed by atoms with Crippen LogP contribution < -0.4 is 4.74 Å². The van der Waals surface area contributed by atoms with Gasteiger partial charge in [-0.2, -0.15) is 0 Å². The van der Waals surface area contributed by atoms with Gasteiger partial charge in [0.15, 0.2) is 0 Å². The number of fused-ring (bicyclic) bond motifs is 4. The van der Waals surface area contributed by atoms with Crippen molar-refractivity contribution < 1.29 is 19.7 Å². The molecule has 4 rings (SSSR count). The SMILES string of the molecule is Oc1ccc(CCCC[C@@]23CCC[C@H](O2)c2c(O)cccc2O3)cc1. The van der Waals surface area contributed by atoms with E-state index in [1.807, 2.05) is 24.3 Å². The Kier molecular flexibility index (Phi) is 4.30. The van der Waals surface area contributed by atoms with Gasteiger partial charge in [0, 0.05) is 12.8 Å². The molecule has 0 saturated carbocycles. The Balaban J connectivity index is 1.39. The summed E-state index contributed by atoms with van der Waals surface area (Å²) in [6, 6.07) is 12.9. The van der Waals surface area contributed by atoms with Crippen LogP contribution in [0.4, 0.5) is 0 Å². The van der Waals surface area contributed by atoms with Gasteiger partial charge in [0.2, 0.25) is 5.79 Å². The van der Waals surface area contributed by atoms with Crippen LogP contribution >= 0.6 is 0 Å². The Bertz CT molecular complexity index is 740. The van der Waals surface area contributed by atoms with Crippen molar-refractivity contribution >= 4 is 0 Å². The molecule has 132 valence electrons. The van der Waals surface area contributed by atoms with Crippen LogP contribution in [-0.4, -0.2) is 16.0 Å². The van der Waals surface area contributed by atoms with E-state index in [1.54, 1.807) is 18.2 Å². The summed E-state index contributed by atoms with van der Waals surface area (Å²) in [5.74, 6) is 0.806. The first-order valence-electron chi connectivity index (χ1n) is 9.12. The van der Waals surface area contributed by atoms with Crippen molar-refractivity contribution in [1.82, 2.24) is 0 Å². The van der Waals surface area contributed by atoms with Gasteiger partial charge >= 0.3 is 0 Å². The predicted octanol–water partition coefficient (Wildman–Crippen LogP) is 4.84. The fraction of sp³-hybridized carbons (Fsp3) is 0.429. The highest BCUT2D eigenvalue weighted by molar-refractivity contribution is 5.47. The van der Waals surface area contributed by atoms with Gasteiger partial charge in [0.1, 0.15) is 17.2 Å². The maximum Gasteiger partial charge on any atom is 0.211 e. The highest BCUT2D eigenvalue weighted by Crippen LogP contribution is 2.51. The molecule has 0 radical (unpaired) electrons. The van der Waals surface area contributed by atoms with E-state index < -0.39 is 5.79 Å². The number of hydrogen-bond donors (Lipinski definition) is 2. The van der Waals surface area contributed by atoms with E-state index in [4.69, 9.17) is 9.47 Å². The summed E-state index contributed by atoms with van der Waals surface area (Å²) < 4.78 is 12.5. The molecule has 0 unspecified atom stereocenters. The summed E-state index contributed by atoms with van der Waals surface area (Å²) in [6.07, 6.45) is 6.74. The smallest absolute Gasteiger partial charge is 0.211 e. The lowest BCUT2D eigenvalue weighted by Crippen LogP contribution is -2.46.